The molecule has 0 aliphatic carbocycles. The molecule has 9 heteroatoms. The molecule has 0 unspecified atom stereocenters. The lowest BCUT2D eigenvalue weighted by Gasteiger charge is -2.24. The molecule has 0 aliphatic heterocycles. The maximum absolute atomic E-state index is 12.8. The number of hydrogen-bond acceptors (Lipinski definition) is 5. The zero-order valence-corrected chi connectivity index (χ0v) is 22.6. The monoisotopic (exact) mass is 523 g/mol. The standard InChI is InChI=1S/C28H33N3O5S/c1-6-36-25-13-8-7-12-24(25)31(37(5,34)35)19-26(32)29-22-10-9-11-23(18-22)30-27(33)20-14-16-21(17-15-20)28(2,3)4/h7-18H,6,19H2,1-5H3,(H,29,32)(H,30,33). The summed E-state index contributed by atoms with van der Waals surface area (Å²) < 4.78 is 31.6. The molecule has 0 bridgehead atoms. The number of carbonyl (C=O) groups excluding carboxylic acids is 2. The number of nitrogens with one attached hydrogen (secondary N) is 2. The molecule has 0 radical (unpaired) electrons. The van der Waals surface area contributed by atoms with E-state index in [9.17, 15) is 18.0 Å². The van der Waals surface area contributed by atoms with Crippen LogP contribution in [0.25, 0.3) is 0 Å². The van der Waals surface area contributed by atoms with E-state index in [4.69, 9.17) is 4.74 Å². The number of para-hydroxylation sites is 2. The Balaban J connectivity index is 1.72. The van der Waals surface area contributed by atoms with E-state index >= 15 is 0 Å². The summed E-state index contributed by atoms with van der Waals surface area (Å²) in [4.78, 5) is 25.6. The Morgan fingerprint density at radius 1 is 0.892 bits per heavy atom. The number of rotatable bonds is 9. The summed E-state index contributed by atoms with van der Waals surface area (Å²) in [6.45, 7) is 8.01. The van der Waals surface area contributed by atoms with Gasteiger partial charge in [-0.05, 0) is 60.4 Å². The van der Waals surface area contributed by atoms with Crippen LogP contribution in [0.15, 0.2) is 72.8 Å². The smallest absolute Gasteiger partial charge is 0.255 e. The molecule has 0 aliphatic rings. The molecule has 0 aromatic heterocycles. The maximum atomic E-state index is 12.8. The molecular weight excluding hydrogens is 490 g/mol. The molecule has 0 fully saturated rings. The summed E-state index contributed by atoms with van der Waals surface area (Å²) >= 11 is 0. The molecule has 0 atom stereocenters. The third-order valence-corrected chi connectivity index (χ3v) is 6.67. The van der Waals surface area contributed by atoms with Crippen molar-refractivity contribution in [2.75, 3.05) is 34.3 Å². The van der Waals surface area contributed by atoms with Gasteiger partial charge in [0.15, 0.2) is 0 Å². The summed E-state index contributed by atoms with van der Waals surface area (Å²) in [5.41, 5.74) is 2.81. The predicted octanol–water partition coefficient (Wildman–Crippen LogP) is 5.04. The number of nitrogens with zero attached hydrogens (tertiary/aromatic N) is 1. The number of amides is 2. The summed E-state index contributed by atoms with van der Waals surface area (Å²) in [6, 6.07) is 20.7. The van der Waals surface area contributed by atoms with Gasteiger partial charge in [0.05, 0.1) is 18.6 Å². The van der Waals surface area contributed by atoms with Crippen molar-refractivity contribution >= 4 is 38.9 Å². The summed E-state index contributed by atoms with van der Waals surface area (Å²) in [6.07, 6.45) is 1.03. The fourth-order valence-corrected chi connectivity index (χ4v) is 4.51. The highest BCUT2D eigenvalue weighted by Gasteiger charge is 2.24. The van der Waals surface area contributed by atoms with E-state index in [0.717, 1.165) is 16.1 Å². The first kappa shape index (κ1) is 27.7. The van der Waals surface area contributed by atoms with Crippen LogP contribution < -0.4 is 19.7 Å². The highest BCUT2D eigenvalue weighted by atomic mass is 32.2. The van der Waals surface area contributed by atoms with E-state index in [1.54, 1.807) is 67.6 Å². The van der Waals surface area contributed by atoms with Gasteiger partial charge in [0.2, 0.25) is 15.9 Å². The van der Waals surface area contributed by atoms with Gasteiger partial charge in [0, 0.05) is 16.9 Å². The fraction of sp³-hybridized carbons (Fsp3) is 0.286. The Labute approximate surface area is 218 Å². The largest absolute Gasteiger partial charge is 0.492 e. The molecule has 0 saturated carbocycles. The Hall–Kier alpha value is -3.85. The lowest BCUT2D eigenvalue weighted by Crippen LogP contribution is -2.37. The van der Waals surface area contributed by atoms with Gasteiger partial charge in [-0.25, -0.2) is 8.42 Å². The van der Waals surface area contributed by atoms with Crippen LogP contribution >= 0.6 is 0 Å². The molecule has 0 saturated heterocycles. The minimum Gasteiger partial charge on any atom is -0.492 e. The number of anilines is 3. The van der Waals surface area contributed by atoms with Crippen molar-refractivity contribution in [1.29, 1.82) is 0 Å². The van der Waals surface area contributed by atoms with Crippen molar-refractivity contribution in [3.63, 3.8) is 0 Å². The van der Waals surface area contributed by atoms with E-state index in [-0.39, 0.29) is 17.0 Å². The number of ether oxygens (including phenoxy) is 1. The summed E-state index contributed by atoms with van der Waals surface area (Å²) in [5.74, 6) is -0.457. The first-order valence-electron chi connectivity index (χ1n) is 11.9. The maximum Gasteiger partial charge on any atom is 0.255 e. The zero-order chi connectivity index (χ0) is 27.2. The molecule has 0 spiro atoms. The minimum absolute atomic E-state index is 0.0145. The van der Waals surface area contributed by atoms with E-state index in [1.165, 1.54) is 0 Å². The Kier molecular flexibility index (Phi) is 8.60. The van der Waals surface area contributed by atoms with Gasteiger partial charge in [0.1, 0.15) is 12.3 Å². The molecule has 2 amide bonds. The van der Waals surface area contributed by atoms with Crippen molar-refractivity contribution in [2.45, 2.75) is 33.1 Å². The van der Waals surface area contributed by atoms with Crippen molar-refractivity contribution in [3.8, 4) is 5.75 Å². The predicted molar refractivity (Wildman–Crippen MR) is 148 cm³/mol. The van der Waals surface area contributed by atoms with Crippen LogP contribution in [0, 0.1) is 0 Å². The fourth-order valence-electron chi connectivity index (χ4n) is 3.65. The van der Waals surface area contributed by atoms with Crippen molar-refractivity contribution in [2.24, 2.45) is 0 Å². The second-order valence-electron chi connectivity index (χ2n) is 9.58. The van der Waals surface area contributed by atoms with Gasteiger partial charge in [-0.15, -0.1) is 0 Å². The molecule has 0 heterocycles. The number of carbonyl (C=O) groups is 2. The van der Waals surface area contributed by atoms with E-state index in [1.807, 2.05) is 12.1 Å². The van der Waals surface area contributed by atoms with Crippen molar-refractivity contribution < 1.29 is 22.7 Å². The van der Waals surface area contributed by atoms with Crippen LogP contribution in [0.5, 0.6) is 5.75 Å². The SMILES string of the molecule is CCOc1ccccc1N(CC(=O)Nc1cccc(NC(=O)c2ccc(C(C)(C)C)cc2)c1)S(C)(=O)=O. The first-order valence-corrected chi connectivity index (χ1v) is 13.7. The van der Waals surface area contributed by atoms with Crippen LogP contribution in [0.2, 0.25) is 0 Å². The van der Waals surface area contributed by atoms with Crippen molar-refractivity contribution in [1.82, 2.24) is 0 Å². The van der Waals surface area contributed by atoms with E-state index < -0.39 is 22.5 Å². The Morgan fingerprint density at radius 3 is 2.11 bits per heavy atom. The number of hydrogen-bond donors (Lipinski definition) is 2. The molecule has 2 N–H and O–H groups in total. The highest BCUT2D eigenvalue weighted by Crippen LogP contribution is 2.30. The van der Waals surface area contributed by atoms with Gasteiger partial charge < -0.3 is 15.4 Å². The number of sulfonamides is 1. The molecule has 3 aromatic carbocycles. The zero-order valence-electron chi connectivity index (χ0n) is 21.7. The normalized spacial score (nSPS) is 11.5. The van der Waals surface area contributed by atoms with Gasteiger partial charge in [0.25, 0.3) is 5.91 Å². The topological polar surface area (TPSA) is 105 Å². The lowest BCUT2D eigenvalue weighted by molar-refractivity contribution is -0.114. The van der Waals surface area contributed by atoms with Crippen LogP contribution in [0.4, 0.5) is 17.1 Å². The lowest BCUT2D eigenvalue weighted by atomic mass is 9.87. The molecule has 37 heavy (non-hydrogen) atoms. The summed E-state index contributed by atoms with van der Waals surface area (Å²) in [5, 5.41) is 5.54. The molecule has 196 valence electrons. The van der Waals surface area contributed by atoms with E-state index in [2.05, 4.69) is 31.4 Å². The van der Waals surface area contributed by atoms with Gasteiger partial charge in [-0.2, -0.15) is 0 Å². The molecule has 3 aromatic rings. The van der Waals surface area contributed by atoms with Gasteiger partial charge in [-0.1, -0.05) is 51.1 Å². The first-order chi connectivity index (χ1) is 17.4. The summed E-state index contributed by atoms with van der Waals surface area (Å²) in [7, 11) is -3.78. The third-order valence-electron chi connectivity index (χ3n) is 5.54. The number of benzene rings is 3. The van der Waals surface area contributed by atoms with E-state index in [0.29, 0.717) is 29.3 Å². The van der Waals surface area contributed by atoms with Crippen molar-refractivity contribution in [3.05, 3.63) is 83.9 Å². The average Bonchev–Trinajstić information content (AvgIpc) is 2.82. The Bertz CT molecular complexity index is 1360. The van der Waals surface area contributed by atoms with Gasteiger partial charge >= 0.3 is 0 Å². The Morgan fingerprint density at radius 2 is 1.51 bits per heavy atom. The second-order valence-corrected chi connectivity index (χ2v) is 11.5. The van der Waals surface area contributed by atoms with Crippen LogP contribution in [0.3, 0.4) is 0 Å². The third kappa shape index (κ3) is 7.57. The quantitative estimate of drug-likeness (QED) is 0.409. The van der Waals surface area contributed by atoms with Crippen LogP contribution in [-0.2, 0) is 20.2 Å². The molecule has 8 nitrogen and oxygen atoms in total. The highest BCUT2D eigenvalue weighted by molar-refractivity contribution is 7.92. The van der Waals surface area contributed by atoms with Crippen LogP contribution in [-0.4, -0.2) is 39.6 Å². The second kappa shape index (κ2) is 11.5. The minimum atomic E-state index is -3.78. The van der Waals surface area contributed by atoms with Crippen LogP contribution in [0.1, 0.15) is 43.6 Å². The molecule has 3 rings (SSSR count). The van der Waals surface area contributed by atoms with Gasteiger partial charge in [-0.3, -0.25) is 13.9 Å². The molecular formula is C28H33N3O5S. The average molecular weight is 524 g/mol.